The van der Waals surface area contributed by atoms with Crippen LogP contribution in [0.2, 0.25) is 0 Å². The van der Waals surface area contributed by atoms with Crippen LogP contribution in [0, 0.1) is 10.1 Å². The zero-order valence-corrected chi connectivity index (χ0v) is 10.4. The van der Waals surface area contributed by atoms with Crippen molar-refractivity contribution in [1.29, 1.82) is 0 Å². The summed E-state index contributed by atoms with van der Waals surface area (Å²) in [5.41, 5.74) is 3.57. The second-order valence-corrected chi connectivity index (χ2v) is 4.10. The van der Waals surface area contributed by atoms with Gasteiger partial charge in [-0.3, -0.25) is 10.1 Å². The van der Waals surface area contributed by atoms with E-state index in [4.69, 9.17) is 10.5 Å². The summed E-state index contributed by atoms with van der Waals surface area (Å²) in [6.45, 7) is 0. The highest BCUT2D eigenvalue weighted by Gasteiger charge is 2.38. The van der Waals surface area contributed by atoms with E-state index in [0.717, 1.165) is 12.1 Å². The molecule has 5 nitrogen and oxygen atoms in total. The van der Waals surface area contributed by atoms with Gasteiger partial charge in [-0.2, -0.15) is 13.2 Å². The molecule has 0 unspecified atom stereocenters. The monoisotopic (exact) mass is 298 g/mol. The molecule has 0 radical (unpaired) electrons. The van der Waals surface area contributed by atoms with E-state index < -0.39 is 22.4 Å². The molecule has 0 aliphatic rings. The van der Waals surface area contributed by atoms with E-state index in [9.17, 15) is 23.3 Å². The fourth-order valence-corrected chi connectivity index (χ4v) is 1.64. The van der Waals surface area contributed by atoms with Crippen LogP contribution in [0.25, 0.3) is 0 Å². The Hall–Kier alpha value is -2.77. The van der Waals surface area contributed by atoms with E-state index in [-0.39, 0.29) is 11.5 Å². The summed E-state index contributed by atoms with van der Waals surface area (Å²) >= 11 is 0. The van der Waals surface area contributed by atoms with Gasteiger partial charge in [-0.05, 0) is 36.4 Å². The number of rotatable bonds is 3. The van der Waals surface area contributed by atoms with E-state index in [2.05, 4.69) is 0 Å². The Morgan fingerprint density at radius 1 is 1.05 bits per heavy atom. The number of nitrogens with two attached hydrogens (primary N) is 1. The molecule has 0 fully saturated rings. The first-order valence-corrected chi connectivity index (χ1v) is 5.66. The number of nitro groups is 1. The lowest BCUT2D eigenvalue weighted by atomic mass is 10.1. The molecule has 21 heavy (non-hydrogen) atoms. The van der Waals surface area contributed by atoms with Crippen LogP contribution in [0.15, 0.2) is 42.5 Å². The molecule has 2 N–H and O–H groups in total. The Balaban J connectivity index is 2.38. The summed E-state index contributed by atoms with van der Waals surface area (Å²) in [5, 5.41) is 10.6. The van der Waals surface area contributed by atoms with Crippen molar-refractivity contribution in [3.05, 3.63) is 58.1 Å². The smallest absolute Gasteiger partial charge is 0.423 e. The molecule has 0 saturated carbocycles. The van der Waals surface area contributed by atoms with Gasteiger partial charge in [0.25, 0.3) is 5.69 Å². The average molecular weight is 298 g/mol. The van der Waals surface area contributed by atoms with Crippen molar-refractivity contribution in [2.45, 2.75) is 6.18 Å². The molecule has 0 aliphatic heterocycles. The van der Waals surface area contributed by atoms with Gasteiger partial charge >= 0.3 is 6.18 Å². The lowest BCUT2D eigenvalue weighted by Crippen LogP contribution is -2.09. The van der Waals surface area contributed by atoms with Crippen LogP contribution in [-0.4, -0.2) is 4.92 Å². The number of anilines is 1. The third-order valence-corrected chi connectivity index (χ3v) is 2.59. The Kier molecular flexibility index (Phi) is 3.70. The number of benzene rings is 2. The van der Waals surface area contributed by atoms with Gasteiger partial charge in [-0.1, -0.05) is 0 Å². The minimum atomic E-state index is -4.84. The first-order chi connectivity index (χ1) is 9.77. The number of nitrogen functional groups attached to an aromatic ring is 1. The molecule has 0 spiro atoms. The molecule has 0 heterocycles. The standard InChI is InChI=1S/C13H9F3N2O3/c14-13(15,16)11-7-10(5-6-12(11)18(19)20)21-9-3-1-8(17)2-4-9/h1-7H,17H2. The maximum Gasteiger partial charge on any atom is 0.423 e. The minimum Gasteiger partial charge on any atom is -0.457 e. The fraction of sp³-hybridized carbons (Fsp3) is 0.0769. The van der Waals surface area contributed by atoms with Crippen molar-refractivity contribution in [3.8, 4) is 11.5 Å². The second-order valence-electron chi connectivity index (χ2n) is 4.10. The van der Waals surface area contributed by atoms with Crippen LogP contribution in [0.5, 0.6) is 11.5 Å². The maximum atomic E-state index is 12.8. The molecule has 2 rings (SSSR count). The van der Waals surface area contributed by atoms with E-state index >= 15 is 0 Å². The molecule has 0 atom stereocenters. The van der Waals surface area contributed by atoms with Crippen LogP contribution in [0.3, 0.4) is 0 Å². The summed E-state index contributed by atoms with van der Waals surface area (Å²) < 4.78 is 43.6. The fourth-order valence-electron chi connectivity index (χ4n) is 1.64. The predicted molar refractivity (Wildman–Crippen MR) is 69.0 cm³/mol. The molecule has 0 saturated heterocycles. The van der Waals surface area contributed by atoms with Gasteiger partial charge in [0.15, 0.2) is 0 Å². The van der Waals surface area contributed by atoms with Gasteiger partial charge in [0.1, 0.15) is 17.1 Å². The Morgan fingerprint density at radius 3 is 2.14 bits per heavy atom. The SMILES string of the molecule is Nc1ccc(Oc2ccc([N+](=O)[O-])c(C(F)(F)F)c2)cc1. The van der Waals surface area contributed by atoms with E-state index in [0.29, 0.717) is 11.8 Å². The summed E-state index contributed by atoms with van der Waals surface area (Å²) in [6.07, 6.45) is -4.84. The zero-order valence-electron chi connectivity index (χ0n) is 10.4. The van der Waals surface area contributed by atoms with Crippen molar-refractivity contribution >= 4 is 11.4 Å². The highest BCUT2D eigenvalue weighted by molar-refractivity contribution is 5.49. The molecule has 0 bridgehead atoms. The first kappa shape index (κ1) is 14.6. The second kappa shape index (κ2) is 5.31. The van der Waals surface area contributed by atoms with Crippen LogP contribution < -0.4 is 10.5 Å². The number of nitro benzene ring substituents is 1. The van der Waals surface area contributed by atoms with Gasteiger partial charge in [0.05, 0.1) is 4.92 Å². The number of ether oxygens (including phenoxy) is 1. The first-order valence-electron chi connectivity index (χ1n) is 5.66. The molecule has 110 valence electrons. The van der Waals surface area contributed by atoms with Crippen molar-refractivity contribution in [1.82, 2.24) is 0 Å². The van der Waals surface area contributed by atoms with Crippen LogP contribution in [-0.2, 0) is 6.18 Å². The van der Waals surface area contributed by atoms with E-state index in [1.165, 1.54) is 24.3 Å². The topological polar surface area (TPSA) is 78.4 Å². The summed E-state index contributed by atoms with van der Waals surface area (Å²) in [7, 11) is 0. The largest absolute Gasteiger partial charge is 0.457 e. The van der Waals surface area contributed by atoms with Crippen LogP contribution in [0.1, 0.15) is 5.56 Å². The molecule has 2 aromatic carbocycles. The number of hydrogen-bond acceptors (Lipinski definition) is 4. The molecule has 0 aliphatic carbocycles. The lowest BCUT2D eigenvalue weighted by molar-refractivity contribution is -0.388. The van der Waals surface area contributed by atoms with Crippen molar-refractivity contribution in [2.75, 3.05) is 5.73 Å². The summed E-state index contributed by atoms with van der Waals surface area (Å²) in [4.78, 5) is 9.54. The number of halogens is 3. The molecule has 8 heteroatoms. The molecule has 0 amide bonds. The number of alkyl halides is 3. The summed E-state index contributed by atoms with van der Waals surface area (Å²) in [6, 6.07) is 8.44. The molecule has 0 aromatic heterocycles. The van der Waals surface area contributed by atoms with Gasteiger partial charge in [0, 0.05) is 11.8 Å². The minimum absolute atomic E-state index is 0.155. The van der Waals surface area contributed by atoms with Crippen molar-refractivity contribution in [3.63, 3.8) is 0 Å². The highest BCUT2D eigenvalue weighted by Crippen LogP contribution is 2.38. The van der Waals surface area contributed by atoms with E-state index in [1.807, 2.05) is 0 Å². The normalized spacial score (nSPS) is 11.2. The van der Waals surface area contributed by atoms with Gasteiger partial charge < -0.3 is 10.5 Å². The third-order valence-electron chi connectivity index (χ3n) is 2.59. The zero-order chi connectivity index (χ0) is 15.6. The van der Waals surface area contributed by atoms with Gasteiger partial charge in [0.2, 0.25) is 0 Å². The van der Waals surface area contributed by atoms with Gasteiger partial charge in [-0.15, -0.1) is 0 Å². The average Bonchev–Trinajstić information content (AvgIpc) is 2.40. The Morgan fingerprint density at radius 2 is 1.62 bits per heavy atom. The Bertz CT molecular complexity index is 669. The molecule has 2 aromatic rings. The molecular formula is C13H9F3N2O3. The maximum absolute atomic E-state index is 12.8. The van der Waals surface area contributed by atoms with E-state index in [1.54, 1.807) is 0 Å². The summed E-state index contributed by atoms with van der Waals surface area (Å²) in [5.74, 6) is 0.115. The predicted octanol–water partition coefficient (Wildman–Crippen LogP) is 3.99. The van der Waals surface area contributed by atoms with Crippen molar-refractivity contribution < 1.29 is 22.8 Å². The number of hydrogen-bond donors (Lipinski definition) is 1. The van der Waals surface area contributed by atoms with Crippen LogP contribution >= 0.6 is 0 Å². The molecular weight excluding hydrogens is 289 g/mol. The lowest BCUT2D eigenvalue weighted by Gasteiger charge is -2.10. The third kappa shape index (κ3) is 3.41. The number of nitrogens with zero attached hydrogens (tertiary/aromatic N) is 1. The van der Waals surface area contributed by atoms with Crippen LogP contribution in [0.4, 0.5) is 24.5 Å². The highest BCUT2D eigenvalue weighted by atomic mass is 19.4. The quantitative estimate of drug-likeness (QED) is 0.528. The van der Waals surface area contributed by atoms with Crippen molar-refractivity contribution in [2.24, 2.45) is 0 Å². The Labute approximate surface area is 116 Å². The van der Waals surface area contributed by atoms with Gasteiger partial charge in [-0.25, -0.2) is 0 Å².